The highest BCUT2D eigenvalue weighted by molar-refractivity contribution is 7.19. The topological polar surface area (TPSA) is 93.4 Å². The summed E-state index contributed by atoms with van der Waals surface area (Å²) in [6.45, 7) is 6.07. The van der Waals surface area contributed by atoms with Crippen molar-refractivity contribution in [3.8, 4) is 5.88 Å². The molecule has 1 saturated carbocycles. The number of hydrogen-bond acceptors (Lipinski definition) is 7. The van der Waals surface area contributed by atoms with Crippen LogP contribution in [0.25, 0.3) is 10.2 Å². The number of aromatic nitrogens is 2. The Bertz CT molecular complexity index is 1150. The second-order valence-electron chi connectivity index (χ2n) is 10.1. The standard InChI is InChI=1S/C24H28N4O2S.C3H9N.C2H6/c1-14-7-10-16(11-8-14)26-24-27-22(30-17-5-3-2-4-6-17)21-20-15(13-19(25)29)9-12-18(20)31-23(21)28-24;1-4(2)3;1-2/h7-8,10-11,15,17H,2-6,9,12-13H2,1H3,(H2,25,29)(H,26,27,28);1-3H3;1-2H3. The minimum atomic E-state index is -0.259. The lowest BCUT2D eigenvalue weighted by molar-refractivity contribution is -0.118. The number of benzene rings is 1. The Morgan fingerprint density at radius 3 is 2.35 bits per heavy atom. The third kappa shape index (κ3) is 7.89. The number of nitrogens with one attached hydrogen (secondary N) is 1. The third-order valence-corrected chi connectivity index (χ3v) is 7.51. The van der Waals surface area contributed by atoms with Gasteiger partial charge in [-0.2, -0.15) is 4.98 Å². The summed E-state index contributed by atoms with van der Waals surface area (Å²) in [5, 5.41) is 4.33. The van der Waals surface area contributed by atoms with Gasteiger partial charge in [-0.05, 0) is 90.2 Å². The van der Waals surface area contributed by atoms with Gasteiger partial charge in [-0.15, -0.1) is 11.3 Å². The summed E-state index contributed by atoms with van der Waals surface area (Å²) >= 11 is 1.70. The minimum Gasteiger partial charge on any atom is -0.474 e. The summed E-state index contributed by atoms with van der Waals surface area (Å²) in [5.74, 6) is 1.08. The van der Waals surface area contributed by atoms with Gasteiger partial charge in [0.25, 0.3) is 0 Å². The van der Waals surface area contributed by atoms with Crippen molar-refractivity contribution in [3.05, 3.63) is 40.3 Å². The summed E-state index contributed by atoms with van der Waals surface area (Å²) in [6.07, 6.45) is 8.24. The number of nitrogens with zero attached hydrogens (tertiary/aromatic N) is 3. The lowest BCUT2D eigenvalue weighted by Crippen LogP contribution is -2.21. The van der Waals surface area contributed by atoms with E-state index in [0.29, 0.717) is 18.2 Å². The van der Waals surface area contributed by atoms with Gasteiger partial charge >= 0.3 is 0 Å². The highest BCUT2D eigenvalue weighted by atomic mass is 32.1. The maximum absolute atomic E-state index is 11.7. The average molecular weight is 526 g/mol. The molecular weight excluding hydrogens is 482 g/mol. The predicted octanol–water partition coefficient (Wildman–Crippen LogP) is 6.56. The number of carbonyl (C=O) groups is 1. The van der Waals surface area contributed by atoms with Crippen molar-refractivity contribution in [1.29, 1.82) is 0 Å². The van der Waals surface area contributed by atoms with E-state index in [9.17, 15) is 4.79 Å². The molecule has 2 aliphatic carbocycles. The van der Waals surface area contributed by atoms with Crippen LogP contribution in [0.2, 0.25) is 0 Å². The summed E-state index contributed by atoms with van der Waals surface area (Å²) in [4.78, 5) is 25.5. The largest absolute Gasteiger partial charge is 0.474 e. The van der Waals surface area contributed by atoms with Gasteiger partial charge in [0.1, 0.15) is 10.9 Å². The van der Waals surface area contributed by atoms with Gasteiger partial charge in [-0.25, -0.2) is 4.98 Å². The molecule has 3 aromatic rings. The van der Waals surface area contributed by atoms with Gasteiger partial charge in [0, 0.05) is 17.0 Å². The van der Waals surface area contributed by atoms with Crippen LogP contribution in [0.5, 0.6) is 5.88 Å². The molecular formula is C29H43N5O2S. The molecule has 1 aromatic carbocycles. The molecule has 1 unspecified atom stereocenters. The smallest absolute Gasteiger partial charge is 0.231 e. The van der Waals surface area contributed by atoms with E-state index in [1.54, 1.807) is 11.3 Å². The number of aryl methyl sites for hydroxylation is 2. The Balaban J connectivity index is 0.000000580. The highest BCUT2D eigenvalue weighted by Gasteiger charge is 2.32. The number of ether oxygens (including phenoxy) is 1. The molecule has 0 bridgehead atoms. The Hall–Kier alpha value is -2.71. The van der Waals surface area contributed by atoms with Crippen molar-refractivity contribution in [2.24, 2.45) is 5.73 Å². The van der Waals surface area contributed by atoms with E-state index in [2.05, 4.69) is 24.4 Å². The van der Waals surface area contributed by atoms with Gasteiger partial charge in [0.15, 0.2) is 0 Å². The molecule has 5 rings (SSSR count). The summed E-state index contributed by atoms with van der Waals surface area (Å²) in [6, 6.07) is 8.19. The zero-order valence-electron chi connectivity index (χ0n) is 23.3. The minimum absolute atomic E-state index is 0.134. The first-order valence-corrected chi connectivity index (χ1v) is 14.3. The van der Waals surface area contributed by atoms with Crippen molar-refractivity contribution in [1.82, 2.24) is 14.9 Å². The Kier molecular flexibility index (Phi) is 10.7. The number of anilines is 2. The van der Waals surface area contributed by atoms with Gasteiger partial charge in [0.05, 0.1) is 5.39 Å². The number of hydrogen-bond donors (Lipinski definition) is 2. The number of fused-ring (bicyclic) bond motifs is 3. The Labute approximate surface area is 225 Å². The fraction of sp³-hybridized carbons (Fsp3) is 0.552. The molecule has 2 aromatic heterocycles. The summed E-state index contributed by atoms with van der Waals surface area (Å²) in [5.41, 5.74) is 8.88. The molecule has 1 atom stereocenters. The predicted molar refractivity (Wildman–Crippen MR) is 155 cm³/mol. The van der Waals surface area contributed by atoms with E-state index >= 15 is 0 Å². The van der Waals surface area contributed by atoms with Crippen LogP contribution < -0.4 is 15.8 Å². The first-order chi connectivity index (χ1) is 17.8. The fourth-order valence-corrected chi connectivity index (χ4v) is 6.06. The lowest BCUT2D eigenvalue weighted by Gasteiger charge is -2.23. The van der Waals surface area contributed by atoms with Crippen LogP contribution in [0.4, 0.5) is 11.6 Å². The van der Waals surface area contributed by atoms with Crippen LogP contribution in [0.15, 0.2) is 24.3 Å². The molecule has 8 heteroatoms. The average Bonchev–Trinajstić information content (AvgIpc) is 3.41. The molecule has 37 heavy (non-hydrogen) atoms. The number of primary amides is 1. The van der Waals surface area contributed by atoms with Crippen molar-refractivity contribution < 1.29 is 9.53 Å². The first-order valence-electron chi connectivity index (χ1n) is 13.5. The van der Waals surface area contributed by atoms with Crippen LogP contribution in [-0.2, 0) is 11.2 Å². The molecule has 0 aliphatic heterocycles. The van der Waals surface area contributed by atoms with Crippen LogP contribution in [0.3, 0.4) is 0 Å². The van der Waals surface area contributed by atoms with Gasteiger partial charge in [-0.1, -0.05) is 38.0 Å². The van der Waals surface area contributed by atoms with Crippen molar-refractivity contribution in [3.63, 3.8) is 0 Å². The molecule has 7 nitrogen and oxygen atoms in total. The molecule has 0 saturated heterocycles. The highest BCUT2D eigenvalue weighted by Crippen LogP contribution is 2.48. The van der Waals surface area contributed by atoms with Gasteiger partial charge in [0.2, 0.25) is 17.7 Å². The Morgan fingerprint density at radius 2 is 1.73 bits per heavy atom. The third-order valence-electron chi connectivity index (χ3n) is 6.35. The molecule has 0 radical (unpaired) electrons. The number of amides is 1. The van der Waals surface area contributed by atoms with E-state index in [4.69, 9.17) is 20.4 Å². The van der Waals surface area contributed by atoms with E-state index in [0.717, 1.165) is 41.6 Å². The normalized spacial score (nSPS) is 16.9. The molecule has 202 valence electrons. The number of thiophene rings is 1. The molecule has 0 spiro atoms. The summed E-state index contributed by atoms with van der Waals surface area (Å²) < 4.78 is 6.50. The van der Waals surface area contributed by atoms with Crippen molar-refractivity contribution in [2.45, 2.75) is 84.2 Å². The quantitative estimate of drug-likeness (QED) is 0.378. The number of rotatable bonds is 6. The zero-order chi connectivity index (χ0) is 26.9. The second kappa shape index (κ2) is 13.7. The van der Waals surface area contributed by atoms with Crippen LogP contribution in [-0.4, -0.2) is 48.0 Å². The van der Waals surface area contributed by atoms with E-state index in [1.807, 2.05) is 52.0 Å². The van der Waals surface area contributed by atoms with Crippen LogP contribution >= 0.6 is 11.3 Å². The number of nitrogens with two attached hydrogens (primary N) is 1. The van der Waals surface area contributed by atoms with Crippen molar-refractivity contribution in [2.75, 3.05) is 26.5 Å². The monoisotopic (exact) mass is 525 g/mol. The first kappa shape index (κ1) is 28.9. The van der Waals surface area contributed by atoms with Crippen LogP contribution in [0, 0.1) is 6.92 Å². The van der Waals surface area contributed by atoms with Gasteiger partial charge in [-0.3, -0.25) is 4.79 Å². The van der Waals surface area contributed by atoms with Gasteiger partial charge < -0.3 is 20.7 Å². The van der Waals surface area contributed by atoms with E-state index in [1.165, 1.54) is 35.3 Å². The molecule has 1 amide bonds. The lowest BCUT2D eigenvalue weighted by atomic mass is 9.96. The molecule has 1 fully saturated rings. The number of carbonyl (C=O) groups excluding carboxylic acids is 1. The molecule has 2 aliphatic rings. The van der Waals surface area contributed by atoms with E-state index in [-0.39, 0.29) is 17.9 Å². The maximum Gasteiger partial charge on any atom is 0.231 e. The molecule has 3 N–H and O–H groups in total. The summed E-state index contributed by atoms with van der Waals surface area (Å²) in [7, 11) is 6.00. The molecule has 2 heterocycles. The second-order valence-corrected chi connectivity index (χ2v) is 11.2. The van der Waals surface area contributed by atoms with E-state index < -0.39 is 0 Å². The Morgan fingerprint density at radius 1 is 1.08 bits per heavy atom. The van der Waals surface area contributed by atoms with Crippen LogP contribution in [0.1, 0.15) is 80.7 Å². The fourth-order valence-electron chi connectivity index (χ4n) is 4.80. The maximum atomic E-state index is 11.7. The SMILES string of the molecule is CC.CN(C)C.Cc1ccc(Nc2nc(OC3CCCCC3)c3c4c(sc3n2)CCC4CC(N)=O)cc1. The zero-order valence-corrected chi connectivity index (χ0v) is 24.1. The van der Waals surface area contributed by atoms with Crippen molar-refractivity contribution >= 4 is 39.1 Å².